The predicted octanol–water partition coefficient (Wildman–Crippen LogP) is 6.39. The summed E-state index contributed by atoms with van der Waals surface area (Å²) in [6.07, 6.45) is 1.19. The first-order chi connectivity index (χ1) is 14.8. The first kappa shape index (κ1) is 24.9. The number of carbonyl (C=O) groups is 1. The van der Waals surface area contributed by atoms with Gasteiger partial charge in [-0.2, -0.15) is 13.2 Å². The van der Waals surface area contributed by atoms with Gasteiger partial charge in [0, 0.05) is 18.4 Å². The summed E-state index contributed by atoms with van der Waals surface area (Å²) in [7, 11) is 0. The van der Waals surface area contributed by atoms with Crippen molar-refractivity contribution in [1.82, 2.24) is 4.98 Å². The fourth-order valence-electron chi connectivity index (χ4n) is 3.00. The summed E-state index contributed by atoms with van der Waals surface area (Å²) in [6.45, 7) is 3.42. The maximum Gasteiger partial charge on any atom is 0.427 e. The average Bonchev–Trinajstić information content (AvgIpc) is 2.76. The number of aryl methyl sites for hydroxylation is 1. The SMILES string of the molecule is CCCCCCc1ccc(-c2ccc(C(=O)OC(COCCC)C(F)(F)F)cc2)nc1. The largest absolute Gasteiger partial charge is 0.447 e. The topological polar surface area (TPSA) is 48.4 Å². The number of esters is 1. The van der Waals surface area contributed by atoms with Gasteiger partial charge in [0.2, 0.25) is 6.10 Å². The van der Waals surface area contributed by atoms with Crippen LogP contribution >= 0.6 is 0 Å². The summed E-state index contributed by atoms with van der Waals surface area (Å²) in [6, 6.07) is 10.1. The van der Waals surface area contributed by atoms with Crippen molar-refractivity contribution in [3.8, 4) is 11.3 Å². The Hall–Kier alpha value is -2.41. The lowest BCUT2D eigenvalue weighted by molar-refractivity contribution is -0.217. The van der Waals surface area contributed by atoms with Crippen LogP contribution in [0.2, 0.25) is 0 Å². The molecule has 4 nitrogen and oxygen atoms in total. The highest BCUT2D eigenvalue weighted by atomic mass is 19.4. The molecule has 7 heteroatoms. The van der Waals surface area contributed by atoms with E-state index in [1.54, 1.807) is 19.1 Å². The molecule has 0 spiro atoms. The van der Waals surface area contributed by atoms with Crippen LogP contribution < -0.4 is 0 Å². The molecule has 1 heterocycles. The molecule has 2 aromatic rings. The van der Waals surface area contributed by atoms with Crippen LogP contribution in [0.15, 0.2) is 42.6 Å². The van der Waals surface area contributed by atoms with Crippen LogP contribution in [-0.2, 0) is 15.9 Å². The Bertz CT molecular complexity index is 789. The number of hydrogen-bond donors (Lipinski definition) is 0. The van der Waals surface area contributed by atoms with E-state index >= 15 is 0 Å². The van der Waals surface area contributed by atoms with Gasteiger partial charge >= 0.3 is 12.1 Å². The van der Waals surface area contributed by atoms with Gasteiger partial charge in [0.05, 0.1) is 17.9 Å². The van der Waals surface area contributed by atoms with Gasteiger partial charge in [-0.1, -0.05) is 51.3 Å². The number of benzene rings is 1. The molecule has 170 valence electrons. The molecule has 0 fully saturated rings. The number of carbonyl (C=O) groups excluding carboxylic acids is 1. The lowest BCUT2D eigenvalue weighted by atomic mass is 10.1. The lowest BCUT2D eigenvalue weighted by Crippen LogP contribution is -2.38. The number of alkyl halides is 3. The fraction of sp³-hybridized carbons (Fsp3) is 0.500. The molecule has 0 aliphatic heterocycles. The lowest BCUT2D eigenvalue weighted by Gasteiger charge is -2.20. The van der Waals surface area contributed by atoms with Crippen molar-refractivity contribution in [2.24, 2.45) is 0 Å². The third kappa shape index (κ3) is 8.32. The zero-order valence-electron chi connectivity index (χ0n) is 18.1. The molecule has 1 atom stereocenters. The van der Waals surface area contributed by atoms with E-state index in [1.165, 1.54) is 37.0 Å². The molecular weight excluding hydrogens is 407 g/mol. The van der Waals surface area contributed by atoms with Crippen LogP contribution in [-0.4, -0.2) is 36.4 Å². The van der Waals surface area contributed by atoms with Gasteiger partial charge in [-0.05, 0) is 43.0 Å². The molecule has 0 saturated carbocycles. The summed E-state index contributed by atoms with van der Waals surface area (Å²) < 4.78 is 48.9. The number of pyridine rings is 1. The van der Waals surface area contributed by atoms with Gasteiger partial charge < -0.3 is 9.47 Å². The molecule has 0 bridgehead atoms. The Labute approximate surface area is 181 Å². The van der Waals surface area contributed by atoms with E-state index in [-0.39, 0.29) is 12.2 Å². The van der Waals surface area contributed by atoms with Crippen LogP contribution in [0.5, 0.6) is 0 Å². The van der Waals surface area contributed by atoms with Crippen LogP contribution in [0.4, 0.5) is 13.2 Å². The van der Waals surface area contributed by atoms with Crippen molar-refractivity contribution in [2.45, 2.75) is 64.7 Å². The summed E-state index contributed by atoms with van der Waals surface area (Å²) in [5.74, 6) is -1.04. The van der Waals surface area contributed by atoms with Crippen molar-refractivity contribution >= 4 is 5.97 Å². The van der Waals surface area contributed by atoms with E-state index in [0.29, 0.717) is 6.42 Å². The molecule has 31 heavy (non-hydrogen) atoms. The zero-order valence-corrected chi connectivity index (χ0v) is 18.1. The van der Waals surface area contributed by atoms with Gasteiger partial charge in [-0.25, -0.2) is 4.79 Å². The first-order valence-electron chi connectivity index (χ1n) is 10.8. The van der Waals surface area contributed by atoms with Crippen LogP contribution in [0, 0.1) is 0 Å². The number of rotatable bonds is 12. The summed E-state index contributed by atoms with van der Waals surface area (Å²) in [5, 5.41) is 0. The number of unbranched alkanes of at least 4 members (excludes halogenated alkanes) is 3. The third-order valence-electron chi connectivity index (χ3n) is 4.79. The molecule has 0 aliphatic rings. The average molecular weight is 438 g/mol. The van der Waals surface area contributed by atoms with Gasteiger partial charge in [-0.3, -0.25) is 4.98 Å². The van der Waals surface area contributed by atoms with Gasteiger partial charge in [0.25, 0.3) is 0 Å². The third-order valence-corrected chi connectivity index (χ3v) is 4.79. The standard InChI is InChI=1S/C24H30F3NO3/c1-3-5-6-7-8-18-9-14-21(28-16-18)19-10-12-20(13-11-19)23(29)31-22(24(25,26)27)17-30-15-4-2/h9-14,16,22H,3-8,15,17H2,1-2H3. The number of nitrogens with zero attached hydrogens (tertiary/aromatic N) is 1. The van der Waals surface area contributed by atoms with Crippen molar-refractivity contribution in [1.29, 1.82) is 0 Å². The molecule has 0 radical (unpaired) electrons. The second kappa shape index (κ2) is 12.4. The molecule has 0 amide bonds. The van der Waals surface area contributed by atoms with Gasteiger partial charge in [0.15, 0.2) is 0 Å². The van der Waals surface area contributed by atoms with Crippen molar-refractivity contribution in [3.05, 3.63) is 53.7 Å². The number of ether oxygens (including phenoxy) is 2. The minimum atomic E-state index is -4.69. The normalized spacial score (nSPS) is 12.5. The molecule has 0 saturated heterocycles. The highest BCUT2D eigenvalue weighted by Gasteiger charge is 2.43. The van der Waals surface area contributed by atoms with Gasteiger partial charge in [-0.15, -0.1) is 0 Å². The van der Waals surface area contributed by atoms with E-state index in [9.17, 15) is 18.0 Å². The van der Waals surface area contributed by atoms with Crippen LogP contribution in [0.1, 0.15) is 61.9 Å². The minimum Gasteiger partial charge on any atom is -0.447 e. The Morgan fingerprint density at radius 1 is 1.00 bits per heavy atom. The Balaban J connectivity index is 1.97. The van der Waals surface area contributed by atoms with E-state index in [0.717, 1.165) is 24.1 Å². The maximum atomic E-state index is 13.1. The Morgan fingerprint density at radius 3 is 2.32 bits per heavy atom. The smallest absolute Gasteiger partial charge is 0.427 e. The van der Waals surface area contributed by atoms with E-state index in [1.807, 2.05) is 18.3 Å². The van der Waals surface area contributed by atoms with Crippen molar-refractivity contribution in [3.63, 3.8) is 0 Å². The van der Waals surface area contributed by atoms with Crippen molar-refractivity contribution in [2.75, 3.05) is 13.2 Å². The van der Waals surface area contributed by atoms with Gasteiger partial charge in [0.1, 0.15) is 0 Å². The van der Waals surface area contributed by atoms with E-state index in [2.05, 4.69) is 16.6 Å². The molecule has 0 aliphatic carbocycles. The van der Waals surface area contributed by atoms with E-state index < -0.39 is 24.9 Å². The molecular formula is C24H30F3NO3. The number of hydrogen-bond acceptors (Lipinski definition) is 4. The minimum absolute atomic E-state index is 0.0426. The molecule has 1 aromatic carbocycles. The predicted molar refractivity (Wildman–Crippen MR) is 114 cm³/mol. The second-order valence-electron chi connectivity index (χ2n) is 7.45. The van der Waals surface area contributed by atoms with E-state index in [4.69, 9.17) is 4.74 Å². The Morgan fingerprint density at radius 2 is 1.74 bits per heavy atom. The van der Waals surface area contributed by atoms with Crippen molar-refractivity contribution < 1.29 is 27.4 Å². The molecule has 0 N–H and O–H groups in total. The van der Waals surface area contributed by atoms with Crippen LogP contribution in [0.25, 0.3) is 11.3 Å². The highest BCUT2D eigenvalue weighted by molar-refractivity contribution is 5.90. The number of halogens is 3. The number of aromatic nitrogens is 1. The summed E-state index contributed by atoms with van der Waals surface area (Å²) >= 11 is 0. The molecule has 1 unspecified atom stereocenters. The summed E-state index contributed by atoms with van der Waals surface area (Å²) in [4.78, 5) is 16.6. The first-order valence-corrected chi connectivity index (χ1v) is 10.8. The highest BCUT2D eigenvalue weighted by Crippen LogP contribution is 2.25. The van der Waals surface area contributed by atoms with Crippen LogP contribution in [0.3, 0.4) is 0 Å². The fourth-order valence-corrected chi connectivity index (χ4v) is 3.00. The zero-order chi connectivity index (χ0) is 22.7. The summed E-state index contributed by atoms with van der Waals surface area (Å²) in [5.41, 5.74) is 2.72. The molecule has 1 aromatic heterocycles. The Kier molecular flexibility index (Phi) is 9.98. The quantitative estimate of drug-likeness (QED) is 0.285. The molecule has 2 rings (SSSR count). The maximum absolute atomic E-state index is 13.1. The second-order valence-corrected chi connectivity index (χ2v) is 7.45. The monoisotopic (exact) mass is 437 g/mol.